The molecule has 0 spiro atoms. The normalized spacial score (nSPS) is 10.2. The Morgan fingerprint density at radius 1 is 1.00 bits per heavy atom. The van der Waals surface area contributed by atoms with Crippen molar-refractivity contribution in [2.75, 3.05) is 38.1 Å². The average molecular weight is 272 g/mol. The number of hydrogen-bond donors (Lipinski definition) is 1. The van der Waals surface area contributed by atoms with Gasteiger partial charge in [-0.3, -0.25) is 0 Å². The minimum Gasteiger partial charge on any atom is -0.467 e. The first-order valence-corrected chi connectivity index (χ1v) is 7.26. The zero-order valence-corrected chi connectivity index (χ0v) is 11.9. The van der Waals surface area contributed by atoms with Crippen LogP contribution in [-0.2, 0) is 0 Å². The molecule has 18 heavy (non-hydrogen) atoms. The summed E-state index contributed by atoms with van der Waals surface area (Å²) in [4.78, 5) is 12.1. The third kappa shape index (κ3) is 5.39. The lowest BCUT2D eigenvalue weighted by atomic mass is 10.2. The van der Waals surface area contributed by atoms with Crippen molar-refractivity contribution < 1.29 is 9.47 Å². The van der Waals surface area contributed by atoms with E-state index in [4.69, 9.17) is 9.47 Å². The number of nitrogens with zero attached hydrogens (tertiary/aromatic N) is 3. The van der Waals surface area contributed by atoms with E-state index >= 15 is 0 Å². The third-order valence-corrected chi connectivity index (χ3v) is 2.96. The number of unbranched alkanes of at least 4 members (excludes halogenated alkanes) is 2. The molecule has 0 atom stereocenters. The maximum atomic E-state index is 4.97. The Kier molecular flexibility index (Phi) is 7.24. The smallest absolute Gasteiger partial charge is 0.324 e. The first-order chi connectivity index (χ1) is 8.80. The molecule has 0 aliphatic heterocycles. The van der Waals surface area contributed by atoms with Crippen LogP contribution in [0.4, 0.5) is 5.95 Å². The van der Waals surface area contributed by atoms with Crippen molar-refractivity contribution in [3.05, 3.63) is 0 Å². The molecule has 1 aromatic rings. The van der Waals surface area contributed by atoms with E-state index in [1.807, 2.05) is 11.8 Å². The Labute approximate surface area is 112 Å². The highest BCUT2D eigenvalue weighted by Gasteiger charge is 2.05. The van der Waals surface area contributed by atoms with E-state index in [0.717, 1.165) is 13.0 Å². The van der Waals surface area contributed by atoms with Crippen LogP contribution in [0, 0.1) is 0 Å². The largest absolute Gasteiger partial charge is 0.467 e. The fourth-order valence-electron chi connectivity index (χ4n) is 1.35. The molecule has 1 N–H and O–H groups in total. The van der Waals surface area contributed by atoms with Gasteiger partial charge in [-0.05, 0) is 24.9 Å². The van der Waals surface area contributed by atoms with Gasteiger partial charge >= 0.3 is 12.0 Å². The van der Waals surface area contributed by atoms with Crippen LogP contribution in [0.3, 0.4) is 0 Å². The SMILES string of the molecule is COc1nc(NCCCCCSC)nc(OC)n1. The summed E-state index contributed by atoms with van der Waals surface area (Å²) in [7, 11) is 3.03. The molecule has 1 heterocycles. The quantitative estimate of drug-likeness (QED) is 0.688. The lowest BCUT2D eigenvalue weighted by Gasteiger charge is -2.07. The Balaban J connectivity index is 2.36. The number of hydrogen-bond acceptors (Lipinski definition) is 7. The molecule has 0 radical (unpaired) electrons. The van der Waals surface area contributed by atoms with Gasteiger partial charge in [0.05, 0.1) is 14.2 Å². The molecule has 0 aliphatic carbocycles. The van der Waals surface area contributed by atoms with Crippen molar-refractivity contribution in [3.63, 3.8) is 0 Å². The summed E-state index contributed by atoms with van der Waals surface area (Å²) in [6.45, 7) is 0.838. The molecular formula is C11H20N4O2S. The van der Waals surface area contributed by atoms with E-state index < -0.39 is 0 Å². The minimum absolute atomic E-state index is 0.256. The van der Waals surface area contributed by atoms with E-state index in [9.17, 15) is 0 Å². The summed E-state index contributed by atoms with van der Waals surface area (Å²) < 4.78 is 9.94. The molecule has 0 fully saturated rings. The van der Waals surface area contributed by atoms with Crippen molar-refractivity contribution in [1.29, 1.82) is 0 Å². The second-order valence-electron chi connectivity index (χ2n) is 3.61. The number of thioether (sulfide) groups is 1. The van der Waals surface area contributed by atoms with Gasteiger partial charge < -0.3 is 14.8 Å². The summed E-state index contributed by atoms with van der Waals surface area (Å²) >= 11 is 1.88. The number of rotatable bonds is 9. The zero-order chi connectivity index (χ0) is 13.2. The van der Waals surface area contributed by atoms with Gasteiger partial charge in [-0.25, -0.2) is 0 Å². The fourth-order valence-corrected chi connectivity index (χ4v) is 1.84. The maximum absolute atomic E-state index is 4.97. The van der Waals surface area contributed by atoms with E-state index in [0.29, 0.717) is 5.95 Å². The fraction of sp³-hybridized carbons (Fsp3) is 0.727. The van der Waals surface area contributed by atoms with Gasteiger partial charge in [0.2, 0.25) is 5.95 Å². The highest BCUT2D eigenvalue weighted by Crippen LogP contribution is 2.12. The van der Waals surface area contributed by atoms with Gasteiger partial charge in [-0.2, -0.15) is 21.7 Å². The summed E-state index contributed by atoms with van der Waals surface area (Å²) in [5.41, 5.74) is 0. The van der Waals surface area contributed by atoms with Crippen LogP contribution in [0.15, 0.2) is 0 Å². The molecule has 0 saturated carbocycles. The highest BCUT2D eigenvalue weighted by molar-refractivity contribution is 7.98. The summed E-state index contributed by atoms with van der Waals surface area (Å²) in [5.74, 6) is 1.71. The summed E-state index contributed by atoms with van der Waals surface area (Å²) in [6, 6.07) is 0.512. The molecule has 0 aromatic carbocycles. The van der Waals surface area contributed by atoms with Gasteiger partial charge in [0.15, 0.2) is 0 Å². The first kappa shape index (κ1) is 14.8. The van der Waals surface area contributed by atoms with Crippen LogP contribution < -0.4 is 14.8 Å². The van der Waals surface area contributed by atoms with Crippen LogP contribution in [0.1, 0.15) is 19.3 Å². The predicted octanol–water partition coefficient (Wildman–Crippen LogP) is 1.83. The standard InChI is InChI=1S/C11H20N4O2S/c1-16-10-13-9(14-11(15-10)17-2)12-7-5-4-6-8-18-3/h4-8H2,1-3H3,(H,12,13,14,15). The predicted molar refractivity (Wildman–Crippen MR) is 73.7 cm³/mol. The number of methoxy groups -OCH3 is 2. The number of ether oxygens (including phenoxy) is 2. The minimum atomic E-state index is 0.256. The van der Waals surface area contributed by atoms with Crippen molar-refractivity contribution in [2.45, 2.75) is 19.3 Å². The van der Waals surface area contributed by atoms with E-state index in [1.54, 1.807) is 0 Å². The summed E-state index contributed by atoms with van der Waals surface area (Å²) in [6.07, 6.45) is 5.67. The molecule has 0 amide bonds. The Morgan fingerprint density at radius 3 is 2.22 bits per heavy atom. The van der Waals surface area contributed by atoms with Crippen LogP contribution in [0.2, 0.25) is 0 Å². The molecule has 102 valence electrons. The maximum Gasteiger partial charge on any atom is 0.324 e. The second kappa shape index (κ2) is 8.79. The Hall–Kier alpha value is -1.24. The molecule has 6 nitrogen and oxygen atoms in total. The molecule has 0 aliphatic rings. The average Bonchev–Trinajstić information content (AvgIpc) is 2.42. The van der Waals surface area contributed by atoms with E-state index in [-0.39, 0.29) is 12.0 Å². The Morgan fingerprint density at radius 2 is 1.67 bits per heavy atom. The van der Waals surface area contributed by atoms with Gasteiger partial charge in [-0.1, -0.05) is 6.42 Å². The topological polar surface area (TPSA) is 69.2 Å². The molecular weight excluding hydrogens is 252 g/mol. The number of anilines is 1. The van der Waals surface area contributed by atoms with Crippen molar-refractivity contribution in [2.24, 2.45) is 0 Å². The van der Waals surface area contributed by atoms with Gasteiger partial charge in [-0.15, -0.1) is 4.98 Å². The van der Waals surface area contributed by atoms with Gasteiger partial charge in [0.25, 0.3) is 0 Å². The lowest BCUT2D eigenvalue weighted by Crippen LogP contribution is -2.08. The van der Waals surface area contributed by atoms with Crippen LogP contribution >= 0.6 is 11.8 Å². The first-order valence-electron chi connectivity index (χ1n) is 5.87. The third-order valence-electron chi connectivity index (χ3n) is 2.27. The number of aromatic nitrogens is 3. The molecule has 0 saturated heterocycles. The van der Waals surface area contributed by atoms with Crippen molar-refractivity contribution in [1.82, 2.24) is 15.0 Å². The van der Waals surface area contributed by atoms with Crippen LogP contribution in [0.5, 0.6) is 12.0 Å². The van der Waals surface area contributed by atoms with Crippen molar-refractivity contribution >= 4 is 17.7 Å². The van der Waals surface area contributed by atoms with Gasteiger partial charge in [0.1, 0.15) is 0 Å². The van der Waals surface area contributed by atoms with E-state index in [1.165, 1.54) is 32.8 Å². The summed E-state index contributed by atoms with van der Waals surface area (Å²) in [5, 5.41) is 3.14. The van der Waals surface area contributed by atoms with Gasteiger partial charge in [0, 0.05) is 6.54 Å². The molecule has 1 aromatic heterocycles. The second-order valence-corrected chi connectivity index (χ2v) is 4.60. The van der Waals surface area contributed by atoms with E-state index in [2.05, 4.69) is 26.5 Å². The highest BCUT2D eigenvalue weighted by atomic mass is 32.2. The molecule has 0 bridgehead atoms. The van der Waals surface area contributed by atoms with Crippen LogP contribution in [-0.4, -0.2) is 47.7 Å². The lowest BCUT2D eigenvalue weighted by molar-refractivity contribution is 0.341. The van der Waals surface area contributed by atoms with Crippen LogP contribution in [0.25, 0.3) is 0 Å². The monoisotopic (exact) mass is 272 g/mol. The number of nitrogens with one attached hydrogen (secondary N) is 1. The molecule has 1 rings (SSSR count). The molecule has 0 unspecified atom stereocenters. The molecule has 7 heteroatoms. The van der Waals surface area contributed by atoms with Crippen molar-refractivity contribution in [3.8, 4) is 12.0 Å². The Bertz CT molecular complexity index is 330. The zero-order valence-electron chi connectivity index (χ0n) is 11.1.